The fraction of sp³-hybridized carbons (Fsp3) is 0.429. The smallest absolute Gasteiger partial charge is 0.317 e. The Morgan fingerprint density at radius 3 is 2.48 bits per heavy atom. The average molecular weight is 467 g/mol. The number of nitrogens with one attached hydrogen (secondary N) is 3. The van der Waals surface area contributed by atoms with Crippen LogP contribution in [0.3, 0.4) is 0 Å². The SMILES string of the molecule is COc1cccc2[nH]c(C(=O)N[C@@H](CC(C)C)C(=O)NN(CCC(N)=O)C(=O)C(F)F)cc12. The summed E-state index contributed by atoms with van der Waals surface area (Å²) in [7, 11) is 1.50. The van der Waals surface area contributed by atoms with Crippen LogP contribution in [0.15, 0.2) is 24.3 Å². The maximum atomic E-state index is 12.9. The van der Waals surface area contributed by atoms with Crippen molar-refractivity contribution in [2.24, 2.45) is 11.7 Å². The zero-order valence-electron chi connectivity index (χ0n) is 18.5. The molecule has 4 amide bonds. The van der Waals surface area contributed by atoms with Crippen LogP contribution < -0.4 is 21.2 Å². The van der Waals surface area contributed by atoms with Crippen molar-refractivity contribution < 1.29 is 32.7 Å². The van der Waals surface area contributed by atoms with Gasteiger partial charge in [-0.15, -0.1) is 0 Å². The van der Waals surface area contributed by atoms with E-state index in [1.165, 1.54) is 7.11 Å². The minimum atomic E-state index is -3.40. The number of nitrogens with zero attached hydrogens (tertiary/aromatic N) is 1. The van der Waals surface area contributed by atoms with Crippen molar-refractivity contribution in [3.63, 3.8) is 0 Å². The molecule has 0 unspecified atom stereocenters. The number of H-pyrrole nitrogens is 1. The van der Waals surface area contributed by atoms with Crippen molar-refractivity contribution in [2.45, 2.75) is 39.2 Å². The number of primary amides is 1. The minimum absolute atomic E-state index is 0.0614. The second kappa shape index (κ2) is 11.2. The van der Waals surface area contributed by atoms with Gasteiger partial charge in [0.15, 0.2) is 0 Å². The monoisotopic (exact) mass is 467 g/mol. The van der Waals surface area contributed by atoms with E-state index >= 15 is 0 Å². The van der Waals surface area contributed by atoms with Crippen LogP contribution in [0.25, 0.3) is 10.9 Å². The zero-order chi connectivity index (χ0) is 24.7. The molecular weight excluding hydrogens is 440 g/mol. The van der Waals surface area contributed by atoms with Crippen LogP contribution in [-0.4, -0.2) is 59.7 Å². The summed E-state index contributed by atoms with van der Waals surface area (Å²) < 4.78 is 31.1. The Labute approximate surface area is 188 Å². The molecule has 1 aromatic carbocycles. The molecule has 0 radical (unpaired) electrons. The zero-order valence-corrected chi connectivity index (χ0v) is 18.5. The van der Waals surface area contributed by atoms with Gasteiger partial charge in [-0.05, 0) is 30.5 Å². The number of hydrogen-bond donors (Lipinski definition) is 4. The number of aromatic nitrogens is 1. The van der Waals surface area contributed by atoms with Gasteiger partial charge < -0.3 is 20.8 Å². The van der Waals surface area contributed by atoms with Gasteiger partial charge in [-0.3, -0.25) is 24.6 Å². The van der Waals surface area contributed by atoms with Crippen molar-refractivity contribution in [1.82, 2.24) is 20.7 Å². The fourth-order valence-electron chi connectivity index (χ4n) is 3.14. The molecule has 0 aliphatic carbocycles. The first kappa shape index (κ1) is 25.6. The third kappa shape index (κ3) is 6.89. The van der Waals surface area contributed by atoms with E-state index in [1.54, 1.807) is 38.1 Å². The molecule has 0 bridgehead atoms. The van der Waals surface area contributed by atoms with Crippen LogP contribution in [0.2, 0.25) is 0 Å². The molecule has 12 heteroatoms. The van der Waals surface area contributed by atoms with Gasteiger partial charge in [0.2, 0.25) is 5.91 Å². The van der Waals surface area contributed by atoms with Gasteiger partial charge in [0, 0.05) is 17.3 Å². The normalized spacial score (nSPS) is 12.0. The fourth-order valence-corrected chi connectivity index (χ4v) is 3.14. The summed E-state index contributed by atoms with van der Waals surface area (Å²) in [5.74, 6) is -3.54. The second-order valence-corrected chi connectivity index (χ2v) is 7.74. The van der Waals surface area contributed by atoms with E-state index in [0.717, 1.165) is 0 Å². The molecule has 0 aliphatic heterocycles. The van der Waals surface area contributed by atoms with Crippen molar-refractivity contribution in [1.29, 1.82) is 0 Å². The number of alkyl halides is 2. The first-order valence-electron chi connectivity index (χ1n) is 10.2. The number of ether oxygens (including phenoxy) is 1. The van der Waals surface area contributed by atoms with Crippen molar-refractivity contribution in [3.05, 3.63) is 30.0 Å². The third-order valence-corrected chi connectivity index (χ3v) is 4.70. The number of carbonyl (C=O) groups excluding carboxylic acids is 4. The van der Waals surface area contributed by atoms with Crippen LogP contribution in [-0.2, 0) is 14.4 Å². The van der Waals surface area contributed by atoms with Crippen LogP contribution >= 0.6 is 0 Å². The minimum Gasteiger partial charge on any atom is -0.496 e. The highest BCUT2D eigenvalue weighted by Gasteiger charge is 2.29. The van der Waals surface area contributed by atoms with Crippen LogP contribution in [0.5, 0.6) is 5.75 Å². The molecule has 0 saturated heterocycles. The quantitative estimate of drug-likeness (QED) is 0.389. The van der Waals surface area contributed by atoms with E-state index < -0.39 is 49.1 Å². The first-order chi connectivity index (χ1) is 15.5. The largest absolute Gasteiger partial charge is 0.496 e. The lowest BCUT2D eigenvalue weighted by Gasteiger charge is -2.26. The topological polar surface area (TPSA) is 147 Å². The highest BCUT2D eigenvalue weighted by molar-refractivity contribution is 6.01. The van der Waals surface area contributed by atoms with Crippen LogP contribution in [0.4, 0.5) is 8.78 Å². The van der Waals surface area contributed by atoms with E-state index in [4.69, 9.17) is 10.5 Å². The Hall–Kier alpha value is -3.70. The number of fused-ring (bicyclic) bond motifs is 1. The molecule has 0 saturated carbocycles. The molecule has 1 atom stereocenters. The number of carbonyl (C=O) groups is 4. The molecular formula is C21H27F2N5O5. The second-order valence-electron chi connectivity index (χ2n) is 7.74. The van der Waals surface area contributed by atoms with Gasteiger partial charge >= 0.3 is 12.3 Å². The standard InChI is InChI=1S/C21H27F2N5O5/c1-11(2)9-14(20(31)27-28(8-7-17(24)29)21(32)18(22)23)26-19(30)15-10-12-13(25-15)5-4-6-16(12)33-3/h4-6,10-11,14,18,25H,7-9H2,1-3H3,(H2,24,29)(H,26,30)(H,27,31)/t14-/m0/s1. The van der Waals surface area contributed by atoms with Gasteiger partial charge in [-0.2, -0.15) is 8.78 Å². The van der Waals surface area contributed by atoms with Crippen LogP contribution in [0, 0.1) is 5.92 Å². The summed E-state index contributed by atoms with van der Waals surface area (Å²) in [5.41, 5.74) is 7.88. The summed E-state index contributed by atoms with van der Waals surface area (Å²) in [6.07, 6.45) is -3.68. The number of halogens is 2. The molecule has 2 rings (SSSR count). The summed E-state index contributed by atoms with van der Waals surface area (Å²) in [6.45, 7) is 3.07. The first-order valence-corrected chi connectivity index (χ1v) is 10.2. The maximum absolute atomic E-state index is 12.9. The molecule has 0 aliphatic rings. The van der Waals surface area contributed by atoms with Crippen molar-refractivity contribution >= 4 is 34.5 Å². The Bertz CT molecular complexity index is 1020. The van der Waals surface area contributed by atoms with Gasteiger partial charge in [-0.25, -0.2) is 5.01 Å². The highest BCUT2D eigenvalue weighted by atomic mass is 19.3. The Kier molecular flexibility index (Phi) is 8.71. The number of methoxy groups -OCH3 is 1. The number of aromatic amines is 1. The van der Waals surface area contributed by atoms with E-state index in [2.05, 4.69) is 15.7 Å². The molecule has 0 fully saturated rings. The summed E-state index contributed by atoms with van der Waals surface area (Å²) in [4.78, 5) is 51.3. The lowest BCUT2D eigenvalue weighted by atomic mass is 10.0. The number of hydrogen-bond acceptors (Lipinski definition) is 5. The van der Waals surface area contributed by atoms with Crippen molar-refractivity contribution in [3.8, 4) is 5.75 Å². The van der Waals surface area contributed by atoms with E-state index in [0.29, 0.717) is 21.7 Å². The summed E-state index contributed by atoms with van der Waals surface area (Å²) in [6, 6.07) is 5.64. The number of rotatable bonds is 10. The predicted molar refractivity (Wildman–Crippen MR) is 115 cm³/mol. The van der Waals surface area contributed by atoms with Gasteiger partial charge in [0.25, 0.3) is 11.8 Å². The molecule has 5 N–H and O–H groups in total. The van der Waals surface area contributed by atoms with Crippen molar-refractivity contribution in [2.75, 3.05) is 13.7 Å². The number of nitrogens with two attached hydrogens (primary N) is 1. The van der Waals surface area contributed by atoms with E-state index in [1.807, 2.05) is 0 Å². The number of benzene rings is 1. The highest BCUT2D eigenvalue weighted by Crippen LogP contribution is 2.26. The molecule has 180 valence electrons. The summed E-state index contributed by atoms with van der Waals surface area (Å²) >= 11 is 0. The van der Waals surface area contributed by atoms with E-state index in [-0.39, 0.29) is 18.0 Å². The third-order valence-electron chi connectivity index (χ3n) is 4.70. The lowest BCUT2D eigenvalue weighted by molar-refractivity contribution is -0.151. The number of amides is 4. The lowest BCUT2D eigenvalue weighted by Crippen LogP contribution is -2.56. The van der Waals surface area contributed by atoms with Gasteiger partial charge in [0.1, 0.15) is 17.5 Å². The predicted octanol–water partition coefficient (Wildman–Crippen LogP) is 1.32. The molecule has 1 heterocycles. The Balaban J connectivity index is 2.21. The molecule has 0 spiro atoms. The van der Waals surface area contributed by atoms with Gasteiger partial charge in [0.05, 0.1) is 13.7 Å². The Morgan fingerprint density at radius 1 is 1.21 bits per heavy atom. The molecule has 1 aromatic heterocycles. The molecule has 33 heavy (non-hydrogen) atoms. The van der Waals surface area contributed by atoms with Crippen LogP contribution in [0.1, 0.15) is 37.2 Å². The molecule has 2 aromatic rings. The average Bonchev–Trinajstić information content (AvgIpc) is 3.19. The summed E-state index contributed by atoms with van der Waals surface area (Å²) in [5, 5.41) is 3.56. The number of hydrazine groups is 1. The Morgan fingerprint density at radius 2 is 1.91 bits per heavy atom. The molecule has 10 nitrogen and oxygen atoms in total. The maximum Gasteiger partial charge on any atom is 0.317 e. The van der Waals surface area contributed by atoms with Gasteiger partial charge in [-0.1, -0.05) is 19.9 Å². The van der Waals surface area contributed by atoms with E-state index in [9.17, 15) is 28.0 Å².